The molecule has 0 amide bonds. The fourth-order valence-electron chi connectivity index (χ4n) is 2.45. The number of halogens is 2. The molecule has 8 nitrogen and oxygen atoms in total. The average molecular weight is 422 g/mol. The number of carboxylic acids is 1. The molecule has 1 fully saturated rings. The van der Waals surface area contributed by atoms with Crippen molar-refractivity contribution in [3.8, 4) is 5.75 Å². The van der Waals surface area contributed by atoms with Crippen LogP contribution in [0, 0.1) is 0 Å². The highest BCUT2D eigenvalue weighted by atomic mass is 79.9. The zero-order valence-corrected chi connectivity index (χ0v) is 14.2. The van der Waals surface area contributed by atoms with Crippen LogP contribution >= 0.6 is 27.5 Å². The molecule has 2 heterocycles. The number of hydrogen-bond donors (Lipinski definition) is 4. The third kappa shape index (κ3) is 2.99. The van der Waals surface area contributed by atoms with Gasteiger partial charge in [-0.05, 0) is 28.1 Å². The Labute approximate surface area is 148 Å². The molecule has 24 heavy (non-hydrogen) atoms. The van der Waals surface area contributed by atoms with Gasteiger partial charge in [-0.3, -0.25) is 0 Å². The Balaban J connectivity index is 1.90. The number of carboxylic acid groups (broad SMARTS) is 1. The van der Waals surface area contributed by atoms with Crippen molar-refractivity contribution in [3.63, 3.8) is 0 Å². The van der Waals surface area contributed by atoms with E-state index in [1.165, 1.54) is 6.20 Å². The molecule has 1 aliphatic heterocycles. The number of benzene rings is 1. The van der Waals surface area contributed by atoms with Crippen LogP contribution in [0.15, 0.2) is 22.8 Å². The lowest BCUT2D eigenvalue weighted by atomic mass is 9.99. The fourth-order valence-corrected chi connectivity index (χ4v) is 2.96. The van der Waals surface area contributed by atoms with E-state index in [1.54, 1.807) is 12.1 Å². The van der Waals surface area contributed by atoms with Gasteiger partial charge in [-0.1, -0.05) is 11.6 Å². The van der Waals surface area contributed by atoms with E-state index >= 15 is 0 Å². The topological polar surface area (TPSA) is 135 Å². The second-order valence-corrected chi connectivity index (χ2v) is 6.56. The van der Waals surface area contributed by atoms with Crippen molar-refractivity contribution in [2.75, 3.05) is 0 Å². The van der Waals surface area contributed by atoms with Gasteiger partial charge in [0.1, 0.15) is 30.2 Å². The molecular weight excluding hydrogens is 410 g/mol. The van der Waals surface area contributed by atoms with E-state index < -0.39 is 36.7 Å². The quantitative estimate of drug-likeness (QED) is 0.526. The Kier molecular flexibility index (Phi) is 4.73. The predicted molar refractivity (Wildman–Crippen MR) is 83.3 cm³/mol. The molecule has 5 atom stereocenters. The number of H-pyrrole nitrogens is 1. The Morgan fingerprint density at radius 3 is 2.67 bits per heavy atom. The minimum absolute atomic E-state index is 0.243. The van der Waals surface area contributed by atoms with Crippen LogP contribution in [-0.2, 0) is 9.53 Å². The van der Waals surface area contributed by atoms with E-state index in [2.05, 4.69) is 20.9 Å². The SMILES string of the molecule is O=C([O-])C1O[C@@H](Oc2c[nH]c3cc(Cl)c(Br)cc23)C(O)[C@H](O)[C@@H]1O. The maximum absolute atomic E-state index is 11.0. The molecule has 0 bridgehead atoms. The molecule has 10 heteroatoms. The van der Waals surface area contributed by atoms with Crippen molar-refractivity contribution in [2.45, 2.75) is 30.7 Å². The van der Waals surface area contributed by atoms with Gasteiger partial charge < -0.3 is 39.7 Å². The first-order chi connectivity index (χ1) is 11.3. The summed E-state index contributed by atoms with van der Waals surface area (Å²) in [5.41, 5.74) is 0.639. The van der Waals surface area contributed by atoms with E-state index in [0.29, 0.717) is 20.4 Å². The van der Waals surface area contributed by atoms with Crippen molar-refractivity contribution in [3.05, 3.63) is 27.8 Å². The Hall–Kier alpha value is -1.36. The van der Waals surface area contributed by atoms with Crippen LogP contribution in [0.3, 0.4) is 0 Å². The van der Waals surface area contributed by atoms with Crippen molar-refractivity contribution in [2.24, 2.45) is 0 Å². The first-order valence-electron chi connectivity index (χ1n) is 6.83. The van der Waals surface area contributed by atoms with Gasteiger partial charge in [0.25, 0.3) is 0 Å². The van der Waals surface area contributed by atoms with E-state index in [9.17, 15) is 25.2 Å². The summed E-state index contributed by atoms with van der Waals surface area (Å²) in [7, 11) is 0. The van der Waals surface area contributed by atoms with Crippen LogP contribution < -0.4 is 9.84 Å². The van der Waals surface area contributed by atoms with Crippen LogP contribution in [0.5, 0.6) is 5.75 Å². The molecule has 1 aromatic heterocycles. The third-order valence-electron chi connectivity index (χ3n) is 3.73. The van der Waals surface area contributed by atoms with E-state index in [-0.39, 0.29) is 5.75 Å². The molecule has 3 rings (SSSR count). The van der Waals surface area contributed by atoms with E-state index in [1.807, 2.05) is 0 Å². The predicted octanol–water partition coefficient (Wildman–Crippen LogP) is -0.480. The molecule has 2 aromatic rings. The summed E-state index contributed by atoms with van der Waals surface area (Å²) in [6, 6.07) is 3.31. The second-order valence-electron chi connectivity index (χ2n) is 5.30. The first-order valence-corrected chi connectivity index (χ1v) is 8.00. The largest absolute Gasteiger partial charge is 0.547 e. The zero-order chi connectivity index (χ0) is 17.6. The molecule has 4 N–H and O–H groups in total. The number of aliphatic hydroxyl groups excluding tert-OH is 3. The smallest absolute Gasteiger partial charge is 0.229 e. The maximum Gasteiger partial charge on any atom is 0.229 e. The van der Waals surface area contributed by atoms with Crippen LogP contribution in [0.2, 0.25) is 5.02 Å². The van der Waals surface area contributed by atoms with Crippen LogP contribution in [0.25, 0.3) is 10.9 Å². The van der Waals surface area contributed by atoms with Gasteiger partial charge in [0.05, 0.1) is 16.5 Å². The minimum atomic E-state index is -1.83. The number of nitrogens with one attached hydrogen (secondary N) is 1. The summed E-state index contributed by atoms with van der Waals surface area (Å²) in [5, 5.41) is 41.4. The molecule has 130 valence electrons. The number of fused-ring (bicyclic) bond motifs is 1. The number of aromatic amines is 1. The summed E-state index contributed by atoms with van der Waals surface area (Å²) in [6.07, 6.45) is -7.13. The van der Waals surface area contributed by atoms with Crippen molar-refractivity contribution in [1.82, 2.24) is 4.98 Å². The minimum Gasteiger partial charge on any atom is -0.547 e. The number of aliphatic carboxylic acids is 1. The maximum atomic E-state index is 11.0. The lowest BCUT2D eigenvalue weighted by Gasteiger charge is -2.40. The van der Waals surface area contributed by atoms with E-state index in [0.717, 1.165) is 0 Å². The molecule has 2 unspecified atom stereocenters. The normalized spacial score (nSPS) is 30.5. The molecule has 1 aromatic carbocycles. The Bertz CT molecular complexity index is 782. The molecule has 0 radical (unpaired) electrons. The molecule has 1 aliphatic rings. The lowest BCUT2D eigenvalue weighted by molar-refractivity contribution is -0.342. The third-order valence-corrected chi connectivity index (χ3v) is 4.93. The Morgan fingerprint density at radius 1 is 1.29 bits per heavy atom. The number of aliphatic hydroxyl groups is 3. The lowest BCUT2D eigenvalue weighted by Crippen LogP contribution is -2.63. The van der Waals surface area contributed by atoms with Crippen molar-refractivity contribution in [1.29, 1.82) is 0 Å². The van der Waals surface area contributed by atoms with Crippen LogP contribution in [0.4, 0.5) is 0 Å². The number of carbonyl (C=O) groups excluding carboxylic acids is 1. The highest BCUT2D eigenvalue weighted by Crippen LogP contribution is 2.34. The van der Waals surface area contributed by atoms with Crippen LogP contribution in [-0.4, -0.2) is 57.0 Å². The summed E-state index contributed by atoms with van der Waals surface area (Å²) in [5.74, 6) is -1.48. The van der Waals surface area contributed by atoms with Gasteiger partial charge in [-0.15, -0.1) is 0 Å². The van der Waals surface area contributed by atoms with Crippen molar-refractivity contribution < 1.29 is 34.7 Å². The molecule has 0 saturated carbocycles. The van der Waals surface area contributed by atoms with Crippen LogP contribution in [0.1, 0.15) is 0 Å². The highest BCUT2D eigenvalue weighted by molar-refractivity contribution is 9.10. The number of carbonyl (C=O) groups is 1. The highest BCUT2D eigenvalue weighted by Gasteiger charge is 2.45. The average Bonchev–Trinajstić information content (AvgIpc) is 2.90. The van der Waals surface area contributed by atoms with Gasteiger partial charge in [-0.2, -0.15) is 0 Å². The number of aromatic nitrogens is 1. The van der Waals surface area contributed by atoms with Crippen molar-refractivity contribution >= 4 is 44.4 Å². The number of hydrogen-bond acceptors (Lipinski definition) is 7. The standard InChI is InChI=1S/C14H13BrClNO7/c15-5-1-4-7(2-6(5)16)17-3-8(4)23-14-11(20)9(18)10(19)12(24-14)13(21)22/h1-3,9-12,14,17-20H,(H,21,22)/p-1/t9-,10+,11?,12?,14-/m1/s1. The van der Waals surface area contributed by atoms with Gasteiger partial charge >= 0.3 is 0 Å². The van der Waals surface area contributed by atoms with E-state index in [4.69, 9.17) is 21.1 Å². The Morgan fingerprint density at radius 2 is 2.00 bits per heavy atom. The van der Waals surface area contributed by atoms with Gasteiger partial charge in [0, 0.05) is 16.1 Å². The number of ether oxygens (including phenoxy) is 2. The second kappa shape index (κ2) is 6.51. The summed E-state index contributed by atoms with van der Waals surface area (Å²) in [6.45, 7) is 0. The van der Waals surface area contributed by atoms with Gasteiger partial charge in [-0.25, -0.2) is 0 Å². The van der Waals surface area contributed by atoms with Gasteiger partial charge in [0.2, 0.25) is 6.29 Å². The number of rotatable bonds is 3. The summed E-state index contributed by atoms with van der Waals surface area (Å²) in [4.78, 5) is 13.9. The molecular formula is C14H12BrClNO7-. The monoisotopic (exact) mass is 420 g/mol. The first kappa shape index (κ1) is 17.5. The summed E-state index contributed by atoms with van der Waals surface area (Å²) >= 11 is 9.27. The van der Waals surface area contributed by atoms with Gasteiger partial charge in [0.15, 0.2) is 0 Å². The summed E-state index contributed by atoms with van der Waals surface area (Å²) < 4.78 is 11.1. The zero-order valence-electron chi connectivity index (χ0n) is 11.8. The molecule has 0 spiro atoms. The molecule has 0 aliphatic carbocycles. The fraction of sp³-hybridized carbons (Fsp3) is 0.357. The molecule has 1 saturated heterocycles.